The molecule has 1 heterocycles. The minimum atomic E-state index is -0.408. The van der Waals surface area contributed by atoms with E-state index in [1.807, 2.05) is 43.0 Å². The summed E-state index contributed by atoms with van der Waals surface area (Å²) in [6, 6.07) is 7.55. The summed E-state index contributed by atoms with van der Waals surface area (Å²) in [5, 5.41) is 0. The highest BCUT2D eigenvalue weighted by molar-refractivity contribution is 5.85. The number of hydrogen-bond acceptors (Lipinski definition) is 3. The largest absolute Gasteiger partial charge is 0.339 e. The van der Waals surface area contributed by atoms with Gasteiger partial charge in [-0.25, -0.2) is 0 Å². The van der Waals surface area contributed by atoms with E-state index >= 15 is 0 Å². The number of carbonyl (C=O) groups is 2. The standard InChI is InChI=1S/C18H27N3O2.ClH/c1-3-6-16(19)18(23)21-11-9-20(10-12-21)17(22)13-15-8-5-4-7-14(15)2;/h4-5,7-8,16H,3,6,9-13,19H2,1-2H3;1H. The predicted octanol–water partition coefficient (Wildman–Crippen LogP) is 1.76. The zero-order valence-corrected chi connectivity index (χ0v) is 15.3. The Morgan fingerprint density at radius 1 is 1.12 bits per heavy atom. The highest BCUT2D eigenvalue weighted by Crippen LogP contribution is 2.12. The normalized spacial score (nSPS) is 15.6. The number of amides is 2. The fourth-order valence-electron chi connectivity index (χ4n) is 2.93. The zero-order valence-electron chi connectivity index (χ0n) is 14.5. The van der Waals surface area contributed by atoms with Crippen molar-refractivity contribution in [1.29, 1.82) is 0 Å². The Balaban J connectivity index is 0.00000288. The molecular formula is C18H28ClN3O2. The Morgan fingerprint density at radius 3 is 2.29 bits per heavy atom. The molecule has 1 aromatic rings. The lowest BCUT2D eigenvalue weighted by atomic mass is 10.0. The summed E-state index contributed by atoms with van der Waals surface area (Å²) in [5.74, 6) is 0.141. The minimum Gasteiger partial charge on any atom is -0.339 e. The van der Waals surface area contributed by atoms with Crippen LogP contribution in [0.2, 0.25) is 0 Å². The van der Waals surface area contributed by atoms with Crippen molar-refractivity contribution in [2.75, 3.05) is 26.2 Å². The number of benzene rings is 1. The number of nitrogens with two attached hydrogens (primary N) is 1. The van der Waals surface area contributed by atoms with E-state index in [9.17, 15) is 9.59 Å². The van der Waals surface area contributed by atoms with Crippen LogP contribution in [0, 0.1) is 6.92 Å². The molecule has 1 atom stereocenters. The molecule has 24 heavy (non-hydrogen) atoms. The molecule has 0 saturated carbocycles. The molecule has 1 fully saturated rings. The summed E-state index contributed by atoms with van der Waals surface area (Å²) in [5.41, 5.74) is 8.11. The molecule has 0 radical (unpaired) electrons. The van der Waals surface area contributed by atoms with Crippen LogP contribution in [0.1, 0.15) is 30.9 Å². The van der Waals surface area contributed by atoms with Gasteiger partial charge in [0.1, 0.15) is 0 Å². The van der Waals surface area contributed by atoms with Gasteiger partial charge in [-0.05, 0) is 24.5 Å². The summed E-state index contributed by atoms with van der Waals surface area (Å²) < 4.78 is 0. The Kier molecular flexibility index (Phi) is 8.22. The van der Waals surface area contributed by atoms with Gasteiger partial charge in [-0.1, -0.05) is 37.6 Å². The van der Waals surface area contributed by atoms with Gasteiger partial charge in [-0.2, -0.15) is 0 Å². The molecular weight excluding hydrogens is 326 g/mol. The van der Waals surface area contributed by atoms with Crippen molar-refractivity contribution in [2.24, 2.45) is 5.73 Å². The maximum Gasteiger partial charge on any atom is 0.239 e. The van der Waals surface area contributed by atoms with Crippen LogP contribution in [0.3, 0.4) is 0 Å². The van der Waals surface area contributed by atoms with Gasteiger partial charge in [0.15, 0.2) is 0 Å². The molecule has 0 aliphatic carbocycles. The molecule has 1 aliphatic heterocycles. The number of hydrogen-bond donors (Lipinski definition) is 1. The van der Waals surface area contributed by atoms with Crippen molar-refractivity contribution < 1.29 is 9.59 Å². The Bertz CT molecular complexity index is 557. The van der Waals surface area contributed by atoms with Crippen LogP contribution in [0.5, 0.6) is 0 Å². The molecule has 1 saturated heterocycles. The molecule has 2 N–H and O–H groups in total. The monoisotopic (exact) mass is 353 g/mol. The Labute approximate surface area is 150 Å². The highest BCUT2D eigenvalue weighted by atomic mass is 35.5. The highest BCUT2D eigenvalue weighted by Gasteiger charge is 2.26. The van der Waals surface area contributed by atoms with Crippen molar-refractivity contribution in [3.63, 3.8) is 0 Å². The SMILES string of the molecule is CCCC(N)C(=O)N1CCN(C(=O)Cc2ccccc2C)CC1.Cl. The van der Waals surface area contributed by atoms with Crippen LogP contribution in [-0.4, -0.2) is 53.8 Å². The van der Waals surface area contributed by atoms with Gasteiger partial charge in [0, 0.05) is 26.2 Å². The first kappa shape index (κ1) is 20.5. The molecule has 2 rings (SSSR count). The third kappa shape index (κ3) is 5.21. The lowest BCUT2D eigenvalue weighted by Crippen LogP contribution is -2.54. The number of nitrogens with zero attached hydrogens (tertiary/aromatic N) is 2. The second-order valence-corrected chi connectivity index (χ2v) is 6.20. The van der Waals surface area contributed by atoms with Gasteiger partial charge in [0.2, 0.25) is 11.8 Å². The van der Waals surface area contributed by atoms with E-state index < -0.39 is 6.04 Å². The first-order valence-corrected chi connectivity index (χ1v) is 8.39. The van der Waals surface area contributed by atoms with E-state index in [2.05, 4.69) is 0 Å². The molecule has 134 valence electrons. The maximum absolute atomic E-state index is 12.4. The number of aryl methyl sites for hydroxylation is 1. The molecule has 1 aliphatic rings. The van der Waals surface area contributed by atoms with Gasteiger partial charge in [0.05, 0.1) is 12.5 Å². The second kappa shape index (κ2) is 9.64. The van der Waals surface area contributed by atoms with Crippen molar-refractivity contribution in [2.45, 2.75) is 39.2 Å². The molecule has 0 bridgehead atoms. The van der Waals surface area contributed by atoms with E-state index in [4.69, 9.17) is 5.73 Å². The molecule has 5 nitrogen and oxygen atoms in total. The quantitative estimate of drug-likeness (QED) is 0.877. The van der Waals surface area contributed by atoms with E-state index in [1.165, 1.54) is 0 Å². The molecule has 6 heteroatoms. The van der Waals surface area contributed by atoms with Gasteiger partial charge < -0.3 is 15.5 Å². The number of halogens is 1. The number of carbonyl (C=O) groups excluding carboxylic acids is 2. The van der Waals surface area contributed by atoms with E-state index in [0.29, 0.717) is 39.0 Å². The third-order valence-electron chi connectivity index (χ3n) is 4.46. The maximum atomic E-state index is 12.4. The van der Waals surface area contributed by atoms with E-state index in [1.54, 1.807) is 4.90 Å². The minimum absolute atomic E-state index is 0. The Hall–Kier alpha value is -1.59. The van der Waals surface area contributed by atoms with Gasteiger partial charge in [-0.15, -0.1) is 12.4 Å². The van der Waals surface area contributed by atoms with Gasteiger partial charge in [0.25, 0.3) is 0 Å². The molecule has 0 aromatic heterocycles. The van der Waals surface area contributed by atoms with Crippen LogP contribution in [-0.2, 0) is 16.0 Å². The average Bonchev–Trinajstić information content (AvgIpc) is 2.56. The molecule has 1 aromatic carbocycles. The smallest absolute Gasteiger partial charge is 0.239 e. The summed E-state index contributed by atoms with van der Waals surface area (Å²) >= 11 is 0. The average molecular weight is 354 g/mol. The van der Waals surface area contributed by atoms with Crippen molar-refractivity contribution >= 4 is 24.2 Å². The van der Waals surface area contributed by atoms with E-state index in [0.717, 1.165) is 17.5 Å². The summed E-state index contributed by atoms with van der Waals surface area (Å²) in [7, 11) is 0. The van der Waals surface area contributed by atoms with Gasteiger partial charge in [-0.3, -0.25) is 9.59 Å². The lowest BCUT2D eigenvalue weighted by molar-refractivity contribution is -0.140. The van der Waals surface area contributed by atoms with Crippen LogP contribution in [0.4, 0.5) is 0 Å². The second-order valence-electron chi connectivity index (χ2n) is 6.20. The third-order valence-corrected chi connectivity index (χ3v) is 4.46. The van der Waals surface area contributed by atoms with Crippen molar-refractivity contribution in [1.82, 2.24) is 9.80 Å². The van der Waals surface area contributed by atoms with Crippen LogP contribution < -0.4 is 5.73 Å². The van der Waals surface area contributed by atoms with Gasteiger partial charge >= 0.3 is 0 Å². The van der Waals surface area contributed by atoms with Crippen LogP contribution in [0.15, 0.2) is 24.3 Å². The topological polar surface area (TPSA) is 66.6 Å². The summed E-state index contributed by atoms with van der Waals surface area (Å²) in [6.07, 6.45) is 2.04. The fourth-order valence-corrected chi connectivity index (χ4v) is 2.93. The Morgan fingerprint density at radius 2 is 1.71 bits per heavy atom. The zero-order chi connectivity index (χ0) is 16.8. The first-order valence-electron chi connectivity index (χ1n) is 8.39. The molecule has 0 spiro atoms. The first-order chi connectivity index (χ1) is 11.0. The predicted molar refractivity (Wildman–Crippen MR) is 98.2 cm³/mol. The molecule has 2 amide bonds. The van der Waals surface area contributed by atoms with Crippen LogP contribution >= 0.6 is 12.4 Å². The fraction of sp³-hybridized carbons (Fsp3) is 0.556. The molecule has 1 unspecified atom stereocenters. The summed E-state index contributed by atoms with van der Waals surface area (Å²) in [4.78, 5) is 28.3. The van der Waals surface area contributed by atoms with Crippen LogP contribution in [0.25, 0.3) is 0 Å². The van der Waals surface area contributed by atoms with Crippen molar-refractivity contribution in [3.8, 4) is 0 Å². The van der Waals surface area contributed by atoms with Crippen molar-refractivity contribution in [3.05, 3.63) is 35.4 Å². The van der Waals surface area contributed by atoms with E-state index in [-0.39, 0.29) is 24.2 Å². The lowest BCUT2D eigenvalue weighted by Gasteiger charge is -2.36. The summed E-state index contributed by atoms with van der Waals surface area (Å²) in [6.45, 7) is 6.39. The number of piperazine rings is 1. The number of rotatable bonds is 5.